The second-order valence-corrected chi connectivity index (χ2v) is 4.72. The van der Waals surface area contributed by atoms with Gasteiger partial charge in [0.05, 0.1) is 11.3 Å². The maximum atomic E-state index is 12.0. The summed E-state index contributed by atoms with van der Waals surface area (Å²) < 4.78 is 0. The summed E-state index contributed by atoms with van der Waals surface area (Å²) in [5.74, 6) is -0.184. The van der Waals surface area contributed by atoms with Crippen LogP contribution in [-0.2, 0) is 11.2 Å². The number of benzene rings is 2. The molecule has 0 unspecified atom stereocenters. The number of amides is 1. The van der Waals surface area contributed by atoms with Gasteiger partial charge < -0.3 is 11.1 Å². The number of nitrogens with two attached hydrogens (primary N) is 1. The molecule has 0 heterocycles. The summed E-state index contributed by atoms with van der Waals surface area (Å²) in [5, 5.41) is 13.4. The van der Waals surface area contributed by atoms with Crippen LogP contribution >= 0.6 is 0 Å². The van der Waals surface area contributed by atoms with Crippen LogP contribution in [0.15, 0.2) is 42.5 Å². The summed E-state index contributed by atoms with van der Waals surface area (Å²) >= 11 is 0. The van der Waals surface area contributed by atoms with Crippen molar-refractivity contribution in [2.45, 2.75) is 13.3 Å². The molecule has 21 heavy (non-hydrogen) atoms. The Hall–Kier alpha value is -2.89. The van der Waals surface area contributed by atoms with E-state index in [2.05, 4.69) is 5.32 Å². The average Bonchev–Trinajstić information content (AvgIpc) is 2.43. The quantitative estimate of drug-likeness (QED) is 0.512. The van der Waals surface area contributed by atoms with Crippen LogP contribution in [0, 0.1) is 17.0 Å². The zero-order valence-electron chi connectivity index (χ0n) is 11.5. The zero-order chi connectivity index (χ0) is 15.4. The Labute approximate surface area is 121 Å². The number of carbonyl (C=O) groups excluding carboxylic acids is 1. The highest BCUT2D eigenvalue weighted by molar-refractivity contribution is 5.93. The minimum Gasteiger partial charge on any atom is -0.399 e. The summed E-state index contributed by atoms with van der Waals surface area (Å²) in [6.07, 6.45) is 0.219. The predicted molar refractivity (Wildman–Crippen MR) is 81.0 cm³/mol. The molecule has 0 aliphatic heterocycles. The van der Waals surface area contributed by atoms with E-state index in [1.165, 1.54) is 18.2 Å². The van der Waals surface area contributed by atoms with E-state index >= 15 is 0 Å². The first-order valence-corrected chi connectivity index (χ1v) is 6.35. The molecule has 0 aliphatic rings. The van der Waals surface area contributed by atoms with Crippen LogP contribution in [0.1, 0.15) is 11.1 Å². The summed E-state index contributed by atoms with van der Waals surface area (Å²) in [5.41, 5.74) is 8.30. The van der Waals surface area contributed by atoms with Gasteiger partial charge in [-0.1, -0.05) is 12.1 Å². The van der Waals surface area contributed by atoms with E-state index in [0.717, 1.165) is 5.56 Å². The lowest BCUT2D eigenvalue weighted by atomic mass is 10.1. The molecule has 0 saturated heterocycles. The molecule has 0 atom stereocenters. The van der Waals surface area contributed by atoms with E-state index < -0.39 is 4.92 Å². The van der Waals surface area contributed by atoms with E-state index in [1.54, 1.807) is 31.2 Å². The maximum absolute atomic E-state index is 12.0. The summed E-state index contributed by atoms with van der Waals surface area (Å²) in [7, 11) is 0. The third kappa shape index (κ3) is 3.79. The number of nitrogens with one attached hydrogen (secondary N) is 1. The molecule has 2 aromatic rings. The van der Waals surface area contributed by atoms with E-state index in [0.29, 0.717) is 16.9 Å². The van der Waals surface area contributed by atoms with E-state index in [9.17, 15) is 14.9 Å². The van der Waals surface area contributed by atoms with Crippen molar-refractivity contribution in [3.8, 4) is 0 Å². The Kier molecular flexibility index (Phi) is 4.18. The topological polar surface area (TPSA) is 98.3 Å². The molecule has 0 spiro atoms. The number of aryl methyl sites for hydroxylation is 1. The standard InChI is InChI=1S/C15H15N3O3/c1-10-8-13(18(20)21)6-7-14(10)17-15(19)9-11-2-4-12(16)5-3-11/h2-8H,9,16H2,1H3,(H,17,19). The van der Waals surface area contributed by atoms with Crippen LogP contribution in [0.5, 0.6) is 0 Å². The molecule has 6 heteroatoms. The third-order valence-corrected chi connectivity index (χ3v) is 3.04. The fraction of sp³-hybridized carbons (Fsp3) is 0.133. The van der Waals surface area contributed by atoms with Crippen molar-refractivity contribution >= 4 is 23.0 Å². The zero-order valence-corrected chi connectivity index (χ0v) is 11.5. The first-order chi connectivity index (χ1) is 9.95. The molecule has 0 aromatic heterocycles. The second-order valence-electron chi connectivity index (χ2n) is 4.72. The van der Waals surface area contributed by atoms with E-state index in [4.69, 9.17) is 5.73 Å². The SMILES string of the molecule is Cc1cc([N+](=O)[O-])ccc1NC(=O)Cc1ccc(N)cc1. The number of nitro benzene ring substituents is 1. The number of hydrogen-bond acceptors (Lipinski definition) is 4. The van der Waals surface area contributed by atoms with Crippen molar-refractivity contribution in [3.05, 3.63) is 63.7 Å². The summed E-state index contributed by atoms with van der Waals surface area (Å²) in [4.78, 5) is 22.2. The number of non-ortho nitro benzene ring substituents is 1. The number of nitrogens with zero attached hydrogens (tertiary/aromatic N) is 1. The van der Waals surface area contributed by atoms with Crippen molar-refractivity contribution in [2.24, 2.45) is 0 Å². The monoisotopic (exact) mass is 285 g/mol. The van der Waals surface area contributed by atoms with Crippen LogP contribution in [0.2, 0.25) is 0 Å². The molecule has 0 saturated carbocycles. The molecule has 3 N–H and O–H groups in total. The molecule has 2 aromatic carbocycles. The Balaban J connectivity index is 2.06. The Morgan fingerprint density at radius 3 is 2.48 bits per heavy atom. The number of rotatable bonds is 4. The summed E-state index contributed by atoms with van der Waals surface area (Å²) in [6.45, 7) is 1.71. The highest BCUT2D eigenvalue weighted by atomic mass is 16.6. The van der Waals surface area contributed by atoms with Crippen LogP contribution in [0.3, 0.4) is 0 Å². The third-order valence-electron chi connectivity index (χ3n) is 3.04. The molecule has 6 nitrogen and oxygen atoms in total. The predicted octanol–water partition coefficient (Wildman–Crippen LogP) is 2.67. The lowest BCUT2D eigenvalue weighted by Gasteiger charge is -2.08. The fourth-order valence-electron chi connectivity index (χ4n) is 1.92. The number of carbonyl (C=O) groups is 1. The largest absolute Gasteiger partial charge is 0.399 e. The van der Waals surface area contributed by atoms with Crippen molar-refractivity contribution in [1.82, 2.24) is 0 Å². The molecular weight excluding hydrogens is 270 g/mol. The van der Waals surface area contributed by atoms with Gasteiger partial charge in [-0.15, -0.1) is 0 Å². The molecule has 0 radical (unpaired) electrons. The average molecular weight is 285 g/mol. The van der Waals surface area contributed by atoms with Crippen LogP contribution in [-0.4, -0.2) is 10.8 Å². The molecule has 108 valence electrons. The highest BCUT2D eigenvalue weighted by Crippen LogP contribution is 2.21. The number of hydrogen-bond donors (Lipinski definition) is 2. The van der Waals surface area contributed by atoms with Gasteiger partial charge in [0.1, 0.15) is 0 Å². The van der Waals surface area contributed by atoms with Crippen LogP contribution in [0.4, 0.5) is 17.1 Å². The molecule has 0 fully saturated rings. The fourth-order valence-corrected chi connectivity index (χ4v) is 1.92. The maximum Gasteiger partial charge on any atom is 0.269 e. The van der Waals surface area contributed by atoms with Gasteiger partial charge >= 0.3 is 0 Å². The van der Waals surface area contributed by atoms with Crippen molar-refractivity contribution in [1.29, 1.82) is 0 Å². The Morgan fingerprint density at radius 1 is 1.24 bits per heavy atom. The second kappa shape index (κ2) is 6.04. The van der Waals surface area contributed by atoms with Crippen molar-refractivity contribution in [3.63, 3.8) is 0 Å². The smallest absolute Gasteiger partial charge is 0.269 e. The van der Waals surface area contributed by atoms with Gasteiger partial charge in [-0.2, -0.15) is 0 Å². The van der Waals surface area contributed by atoms with Crippen LogP contribution in [0.25, 0.3) is 0 Å². The highest BCUT2D eigenvalue weighted by Gasteiger charge is 2.10. The van der Waals surface area contributed by atoms with Crippen molar-refractivity contribution in [2.75, 3.05) is 11.1 Å². The first kappa shape index (κ1) is 14.5. The minimum absolute atomic E-state index is 0.00373. The van der Waals surface area contributed by atoms with E-state index in [-0.39, 0.29) is 18.0 Å². The Morgan fingerprint density at radius 2 is 1.90 bits per heavy atom. The van der Waals surface area contributed by atoms with Crippen molar-refractivity contribution < 1.29 is 9.72 Å². The lowest BCUT2D eigenvalue weighted by molar-refractivity contribution is -0.384. The molecule has 2 rings (SSSR count). The summed E-state index contributed by atoms with van der Waals surface area (Å²) in [6, 6.07) is 11.4. The van der Waals surface area contributed by atoms with Gasteiger partial charge in [0.15, 0.2) is 0 Å². The van der Waals surface area contributed by atoms with Crippen LogP contribution < -0.4 is 11.1 Å². The molecule has 0 bridgehead atoms. The molecule has 1 amide bonds. The number of anilines is 2. The van der Waals surface area contributed by atoms with Gasteiger partial charge in [-0.3, -0.25) is 14.9 Å². The van der Waals surface area contributed by atoms with Gasteiger partial charge in [-0.05, 0) is 36.2 Å². The minimum atomic E-state index is -0.465. The first-order valence-electron chi connectivity index (χ1n) is 6.35. The van der Waals surface area contributed by atoms with E-state index in [1.807, 2.05) is 0 Å². The Bertz CT molecular complexity index is 681. The van der Waals surface area contributed by atoms with Gasteiger partial charge in [-0.25, -0.2) is 0 Å². The molecule has 0 aliphatic carbocycles. The number of nitro groups is 1. The number of nitrogen functional groups attached to an aromatic ring is 1. The normalized spacial score (nSPS) is 10.1. The van der Waals surface area contributed by atoms with Gasteiger partial charge in [0.2, 0.25) is 5.91 Å². The molecular formula is C15H15N3O3. The van der Waals surface area contributed by atoms with Gasteiger partial charge in [0, 0.05) is 23.5 Å². The van der Waals surface area contributed by atoms with Gasteiger partial charge in [0.25, 0.3) is 5.69 Å². The lowest BCUT2D eigenvalue weighted by Crippen LogP contribution is -2.15.